The Labute approximate surface area is 144 Å². The third-order valence-electron chi connectivity index (χ3n) is 3.54. The molecule has 0 unspecified atom stereocenters. The van der Waals surface area contributed by atoms with Gasteiger partial charge in [-0.2, -0.15) is 8.78 Å². The third-order valence-corrected chi connectivity index (χ3v) is 3.54. The van der Waals surface area contributed by atoms with Gasteiger partial charge in [-0.15, -0.1) is 0 Å². The number of halogens is 2. The highest BCUT2D eigenvalue weighted by Gasteiger charge is 2.12. The molecule has 0 aliphatic rings. The number of nitrogens with one attached hydrogen (secondary N) is 2. The van der Waals surface area contributed by atoms with Gasteiger partial charge in [-0.25, -0.2) is 4.98 Å². The summed E-state index contributed by atoms with van der Waals surface area (Å²) >= 11 is 0. The van der Waals surface area contributed by atoms with Gasteiger partial charge in [0.2, 0.25) is 0 Å². The number of aromatic nitrogens is 2. The van der Waals surface area contributed by atoms with E-state index in [1.165, 1.54) is 12.4 Å². The molecule has 2 aromatic rings. The summed E-state index contributed by atoms with van der Waals surface area (Å²) in [6.07, 6.45) is 2.57. The number of benzene rings is 1. The van der Waals surface area contributed by atoms with Gasteiger partial charge in [-0.05, 0) is 12.1 Å². The molecular formula is C16H21F2N5O2. The van der Waals surface area contributed by atoms with E-state index in [9.17, 15) is 8.78 Å². The van der Waals surface area contributed by atoms with Crippen molar-refractivity contribution in [1.29, 1.82) is 0 Å². The second kappa shape index (κ2) is 8.86. The molecule has 0 aliphatic carbocycles. The zero-order valence-electron chi connectivity index (χ0n) is 14.3. The van der Waals surface area contributed by atoms with Crippen molar-refractivity contribution in [1.82, 2.24) is 20.2 Å². The van der Waals surface area contributed by atoms with Crippen molar-refractivity contribution in [3.63, 3.8) is 0 Å². The number of aliphatic imine (C=N–C) groups is 1. The Bertz CT molecular complexity index is 718. The summed E-state index contributed by atoms with van der Waals surface area (Å²) in [5.74, 6) is 2.05. The molecule has 7 nitrogen and oxygen atoms in total. The lowest BCUT2D eigenvalue weighted by Gasteiger charge is -2.14. The van der Waals surface area contributed by atoms with Crippen molar-refractivity contribution < 1.29 is 18.3 Å². The van der Waals surface area contributed by atoms with Gasteiger partial charge in [0.1, 0.15) is 17.3 Å². The Hall–Kier alpha value is -2.84. The van der Waals surface area contributed by atoms with Crippen molar-refractivity contribution in [2.45, 2.75) is 19.6 Å². The molecule has 0 fully saturated rings. The van der Waals surface area contributed by atoms with E-state index >= 15 is 0 Å². The Balaban J connectivity index is 1.96. The number of alkyl halides is 2. The van der Waals surface area contributed by atoms with Crippen LogP contribution in [-0.4, -0.2) is 36.8 Å². The number of methoxy groups -OCH3 is 2. The van der Waals surface area contributed by atoms with Gasteiger partial charge in [0.05, 0.1) is 20.8 Å². The molecule has 2 N–H and O–H groups in total. The maximum atomic E-state index is 12.8. The van der Waals surface area contributed by atoms with E-state index in [0.29, 0.717) is 24.0 Å². The lowest BCUT2D eigenvalue weighted by atomic mass is 10.2. The van der Waals surface area contributed by atoms with E-state index in [1.807, 2.05) is 12.1 Å². The highest BCUT2D eigenvalue weighted by Crippen LogP contribution is 2.24. The standard InChI is InChI=1S/C16H21F2N5O2/c1-19-16(22-10-14-20-6-7-23(14)15(17)18)21-9-11-4-5-12(24-2)8-13(11)25-3/h4-8,15H,9-10H2,1-3H3,(H2,19,21,22). The third kappa shape index (κ3) is 4.82. The Kier molecular flexibility index (Phi) is 6.55. The number of guanidine groups is 1. The van der Waals surface area contributed by atoms with Crippen molar-refractivity contribution in [2.75, 3.05) is 21.3 Å². The van der Waals surface area contributed by atoms with Crippen LogP contribution in [0.4, 0.5) is 8.78 Å². The quantitative estimate of drug-likeness (QED) is 0.590. The van der Waals surface area contributed by atoms with Gasteiger partial charge < -0.3 is 20.1 Å². The van der Waals surface area contributed by atoms with Gasteiger partial charge in [-0.1, -0.05) is 0 Å². The predicted molar refractivity (Wildman–Crippen MR) is 90.1 cm³/mol. The fourth-order valence-corrected chi connectivity index (χ4v) is 2.22. The first-order chi connectivity index (χ1) is 12.1. The van der Waals surface area contributed by atoms with E-state index in [2.05, 4.69) is 20.6 Å². The van der Waals surface area contributed by atoms with E-state index in [1.54, 1.807) is 27.3 Å². The molecule has 0 saturated heterocycles. The van der Waals surface area contributed by atoms with E-state index in [-0.39, 0.29) is 12.4 Å². The topological polar surface area (TPSA) is 72.7 Å². The zero-order valence-corrected chi connectivity index (χ0v) is 14.3. The SMILES string of the molecule is CN=C(NCc1ccc(OC)cc1OC)NCc1nccn1C(F)F. The molecule has 9 heteroatoms. The minimum Gasteiger partial charge on any atom is -0.497 e. The minimum absolute atomic E-state index is 0.122. The fourth-order valence-electron chi connectivity index (χ4n) is 2.22. The van der Waals surface area contributed by atoms with Gasteiger partial charge in [0, 0.05) is 37.6 Å². The Morgan fingerprint density at radius 3 is 2.64 bits per heavy atom. The van der Waals surface area contributed by atoms with Crippen LogP contribution in [0.1, 0.15) is 17.9 Å². The molecule has 0 saturated carbocycles. The molecule has 0 bridgehead atoms. The monoisotopic (exact) mass is 353 g/mol. The van der Waals surface area contributed by atoms with Crippen LogP contribution in [-0.2, 0) is 13.1 Å². The maximum absolute atomic E-state index is 12.8. The van der Waals surface area contributed by atoms with Crippen LogP contribution in [0.5, 0.6) is 11.5 Å². The minimum atomic E-state index is -2.63. The van der Waals surface area contributed by atoms with Crippen LogP contribution in [0.15, 0.2) is 35.6 Å². The van der Waals surface area contributed by atoms with E-state index in [4.69, 9.17) is 9.47 Å². The molecule has 1 aromatic carbocycles. The van der Waals surface area contributed by atoms with Crippen LogP contribution in [0.25, 0.3) is 0 Å². The first-order valence-electron chi connectivity index (χ1n) is 7.54. The molecule has 136 valence electrons. The van der Waals surface area contributed by atoms with Gasteiger partial charge in [0.25, 0.3) is 0 Å². The lowest BCUT2D eigenvalue weighted by molar-refractivity contribution is 0.0668. The first kappa shape index (κ1) is 18.5. The van der Waals surface area contributed by atoms with Gasteiger partial charge >= 0.3 is 6.55 Å². The molecule has 0 spiro atoms. The number of hydrogen-bond acceptors (Lipinski definition) is 4. The number of rotatable bonds is 7. The van der Waals surface area contributed by atoms with Crippen molar-refractivity contribution in [2.24, 2.45) is 4.99 Å². The molecule has 1 heterocycles. The zero-order chi connectivity index (χ0) is 18.2. The number of nitrogens with zero attached hydrogens (tertiary/aromatic N) is 3. The molecule has 25 heavy (non-hydrogen) atoms. The van der Waals surface area contributed by atoms with Crippen molar-refractivity contribution in [3.05, 3.63) is 42.0 Å². The molecule has 0 atom stereocenters. The Morgan fingerprint density at radius 1 is 1.24 bits per heavy atom. The summed E-state index contributed by atoms with van der Waals surface area (Å²) in [6.45, 7) is -2.06. The van der Waals surface area contributed by atoms with Crippen LogP contribution in [0.2, 0.25) is 0 Å². The smallest absolute Gasteiger partial charge is 0.319 e. The van der Waals surface area contributed by atoms with Crippen LogP contribution in [0.3, 0.4) is 0 Å². The summed E-state index contributed by atoms with van der Waals surface area (Å²) in [4.78, 5) is 7.98. The second-order valence-corrected chi connectivity index (χ2v) is 4.99. The molecular weight excluding hydrogens is 332 g/mol. The molecule has 0 amide bonds. The van der Waals surface area contributed by atoms with Gasteiger partial charge in [-0.3, -0.25) is 9.56 Å². The highest BCUT2D eigenvalue weighted by atomic mass is 19.3. The van der Waals surface area contributed by atoms with Crippen LogP contribution in [0, 0.1) is 0 Å². The average molecular weight is 353 g/mol. The normalized spacial score (nSPS) is 11.5. The molecule has 0 radical (unpaired) electrons. The van der Waals surface area contributed by atoms with Crippen molar-refractivity contribution in [3.8, 4) is 11.5 Å². The summed E-state index contributed by atoms with van der Waals surface area (Å²) < 4.78 is 36.9. The lowest BCUT2D eigenvalue weighted by Crippen LogP contribution is -2.37. The van der Waals surface area contributed by atoms with E-state index < -0.39 is 6.55 Å². The average Bonchev–Trinajstić information content (AvgIpc) is 3.10. The summed E-state index contributed by atoms with van der Waals surface area (Å²) in [5, 5.41) is 6.06. The van der Waals surface area contributed by atoms with Crippen molar-refractivity contribution >= 4 is 5.96 Å². The number of imidazole rings is 1. The summed E-state index contributed by atoms with van der Waals surface area (Å²) in [6, 6.07) is 5.49. The largest absolute Gasteiger partial charge is 0.497 e. The number of ether oxygens (including phenoxy) is 2. The Morgan fingerprint density at radius 2 is 2.00 bits per heavy atom. The summed E-state index contributed by atoms with van der Waals surface area (Å²) in [7, 11) is 4.76. The predicted octanol–water partition coefficient (Wildman–Crippen LogP) is 2.16. The van der Waals surface area contributed by atoms with E-state index in [0.717, 1.165) is 10.1 Å². The second-order valence-electron chi connectivity index (χ2n) is 4.99. The molecule has 0 aliphatic heterocycles. The van der Waals surface area contributed by atoms with Crippen LogP contribution >= 0.6 is 0 Å². The molecule has 2 rings (SSSR count). The van der Waals surface area contributed by atoms with Crippen LogP contribution < -0.4 is 20.1 Å². The summed E-state index contributed by atoms with van der Waals surface area (Å²) in [5.41, 5.74) is 0.903. The van der Waals surface area contributed by atoms with Gasteiger partial charge in [0.15, 0.2) is 5.96 Å². The maximum Gasteiger partial charge on any atom is 0.319 e. The highest BCUT2D eigenvalue weighted by molar-refractivity contribution is 5.79. The number of hydrogen-bond donors (Lipinski definition) is 2. The molecule has 1 aromatic heterocycles. The fraction of sp³-hybridized carbons (Fsp3) is 0.375. The first-order valence-corrected chi connectivity index (χ1v) is 7.54.